The number of hydrogen-bond acceptors (Lipinski definition) is 3. The predicted octanol–water partition coefficient (Wildman–Crippen LogP) is 3.31. The van der Waals surface area contributed by atoms with E-state index in [9.17, 15) is 9.59 Å². The molecule has 0 bridgehead atoms. The summed E-state index contributed by atoms with van der Waals surface area (Å²) in [6.45, 7) is 1.20. The Labute approximate surface area is 147 Å². The van der Waals surface area contributed by atoms with E-state index in [1.165, 1.54) is 7.11 Å². The minimum absolute atomic E-state index is 0.0730. The van der Waals surface area contributed by atoms with Crippen molar-refractivity contribution in [2.45, 2.75) is 18.9 Å². The van der Waals surface area contributed by atoms with Gasteiger partial charge in [-0.05, 0) is 36.1 Å². The summed E-state index contributed by atoms with van der Waals surface area (Å²) in [6.07, 6.45) is 1.17. The molecule has 0 radical (unpaired) electrons. The molecule has 130 valence electrons. The lowest BCUT2D eigenvalue weighted by Gasteiger charge is -2.31. The smallest absolute Gasteiger partial charge is 0.409 e. The summed E-state index contributed by atoms with van der Waals surface area (Å²) in [7, 11) is 1.38. The summed E-state index contributed by atoms with van der Waals surface area (Å²) >= 11 is 0. The third kappa shape index (κ3) is 4.18. The lowest BCUT2D eigenvalue weighted by Crippen LogP contribution is -2.46. The Kier molecular flexibility index (Phi) is 5.33. The molecular weight excluding hydrogens is 316 g/mol. The van der Waals surface area contributed by atoms with Crippen LogP contribution < -0.4 is 5.32 Å². The molecule has 2 aromatic carbocycles. The number of piperidine rings is 1. The number of carbonyl (C=O) groups is 2. The molecule has 1 N–H and O–H groups in total. The van der Waals surface area contributed by atoms with Gasteiger partial charge in [0.15, 0.2) is 0 Å². The Morgan fingerprint density at radius 2 is 1.56 bits per heavy atom. The monoisotopic (exact) mass is 338 g/mol. The fraction of sp³-hybridized carbons (Fsp3) is 0.300. The zero-order valence-corrected chi connectivity index (χ0v) is 14.3. The maximum Gasteiger partial charge on any atom is 0.409 e. The van der Waals surface area contributed by atoms with E-state index in [0.717, 1.165) is 24.0 Å². The quantitative estimate of drug-likeness (QED) is 0.934. The summed E-state index contributed by atoms with van der Waals surface area (Å²) in [6, 6.07) is 17.8. The molecule has 1 saturated heterocycles. The van der Waals surface area contributed by atoms with Crippen molar-refractivity contribution in [3.05, 3.63) is 60.2 Å². The van der Waals surface area contributed by atoms with Crippen LogP contribution in [0.3, 0.4) is 0 Å². The number of carbonyl (C=O) groups excluding carboxylic acids is 2. The number of nitrogens with one attached hydrogen (secondary N) is 1. The first-order valence-corrected chi connectivity index (χ1v) is 8.46. The van der Waals surface area contributed by atoms with Crippen molar-refractivity contribution >= 4 is 12.0 Å². The van der Waals surface area contributed by atoms with Crippen LogP contribution in [0.5, 0.6) is 0 Å². The summed E-state index contributed by atoms with van der Waals surface area (Å²) in [5.74, 6) is -0.0730. The van der Waals surface area contributed by atoms with Gasteiger partial charge < -0.3 is 15.0 Å². The number of ether oxygens (including phenoxy) is 1. The van der Waals surface area contributed by atoms with E-state index < -0.39 is 0 Å². The van der Waals surface area contributed by atoms with Crippen molar-refractivity contribution in [3.8, 4) is 11.1 Å². The van der Waals surface area contributed by atoms with Crippen LogP contribution in [0.25, 0.3) is 11.1 Å². The highest BCUT2D eigenvalue weighted by Crippen LogP contribution is 2.19. The molecule has 5 heteroatoms. The zero-order chi connectivity index (χ0) is 17.6. The number of hydrogen-bond donors (Lipinski definition) is 1. The number of amides is 2. The lowest BCUT2D eigenvalue weighted by atomic mass is 10.0. The highest BCUT2D eigenvalue weighted by molar-refractivity contribution is 5.94. The summed E-state index contributed by atoms with van der Waals surface area (Å²) in [4.78, 5) is 25.6. The molecule has 0 aromatic heterocycles. The second-order valence-corrected chi connectivity index (χ2v) is 6.15. The normalized spacial score (nSPS) is 14.8. The van der Waals surface area contributed by atoms with Gasteiger partial charge in [-0.25, -0.2) is 4.79 Å². The van der Waals surface area contributed by atoms with Crippen molar-refractivity contribution in [1.29, 1.82) is 0 Å². The molecular formula is C20H22N2O3. The number of methoxy groups -OCH3 is 1. The first-order valence-electron chi connectivity index (χ1n) is 8.46. The molecule has 0 aliphatic carbocycles. The highest BCUT2D eigenvalue weighted by atomic mass is 16.5. The molecule has 2 amide bonds. The SMILES string of the molecule is COC(=O)N1CCC(NC(=O)c2ccc(-c3ccccc3)cc2)CC1. The standard InChI is InChI=1S/C20H22N2O3/c1-25-20(24)22-13-11-18(12-14-22)21-19(23)17-9-7-16(8-10-17)15-5-3-2-4-6-15/h2-10,18H,11-14H2,1H3,(H,21,23). The zero-order valence-electron chi connectivity index (χ0n) is 14.3. The van der Waals surface area contributed by atoms with Crippen LogP contribution in [0.4, 0.5) is 4.79 Å². The molecule has 0 atom stereocenters. The van der Waals surface area contributed by atoms with Crippen molar-refractivity contribution in [2.24, 2.45) is 0 Å². The third-order valence-corrected chi connectivity index (χ3v) is 4.52. The van der Waals surface area contributed by atoms with Gasteiger partial charge in [-0.15, -0.1) is 0 Å². The van der Waals surface area contributed by atoms with E-state index in [-0.39, 0.29) is 18.0 Å². The summed E-state index contributed by atoms with van der Waals surface area (Å²) < 4.78 is 4.72. The number of likely N-dealkylation sites (tertiary alicyclic amines) is 1. The van der Waals surface area contributed by atoms with Crippen molar-refractivity contribution in [1.82, 2.24) is 10.2 Å². The van der Waals surface area contributed by atoms with Gasteiger partial charge in [0.2, 0.25) is 0 Å². The molecule has 0 spiro atoms. The van der Waals surface area contributed by atoms with Gasteiger partial charge in [0, 0.05) is 24.7 Å². The average Bonchev–Trinajstić information content (AvgIpc) is 2.68. The second kappa shape index (κ2) is 7.83. The minimum atomic E-state index is -0.304. The van der Waals surface area contributed by atoms with Gasteiger partial charge in [0.25, 0.3) is 5.91 Å². The van der Waals surface area contributed by atoms with Gasteiger partial charge in [-0.2, -0.15) is 0 Å². The molecule has 1 fully saturated rings. The average molecular weight is 338 g/mol. The topological polar surface area (TPSA) is 58.6 Å². The van der Waals surface area contributed by atoms with E-state index in [2.05, 4.69) is 5.32 Å². The number of benzene rings is 2. The van der Waals surface area contributed by atoms with Crippen LogP contribution in [0.15, 0.2) is 54.6 Å². The molecule has 1 heterocycles. The number of rotatable bonds is 3. The Hall–Kier alpha value is -2.82. The molecule has 0 saturated carbocycles. The van der Waals surface area contributed by atoms with E-state index in [1.54, 1.807) is 4.90 Å². The van der Waals surface area contributed by atoms with Crippen molar-refractivity contribution in [2.75, 3.05) is 20.2 Å². The van der Waals surface area contributed by atoms with E-state index in [4.69, 9.17) is 4.74 Å². The van der Waals surface area contributed by atoms with Crippen molar-refractivity contribution in [3.63, 3.8) is 0 Å². The van der Waals surface area contributed by atoms with E-state index >= 15 is 0 Å². The van der Waals surface area contributed by atoms with Gasteiger partial charge in [0.1, 0.15) is 0 Å². The highest BCUT2D eigenvalue weighted by Gasteiger charge is 2.24. The van der Waals surface area contributed by atoms with Gasteiger partial charge in [-0.3, -0.25) is 4.79 Å². The van der Waals surface area contributed by atoms with Crippen molar-refractivity contribution < 1.29 is 14.3 Å². The Bertz CT molecular complexity index is 720. The second-order valence-electron chi connectivity index (χ2n) is 6.15. The van der Waals surface area contributed by atoms with Gasteiger partial charge in [-0.1, -0.05) is 42.5 Å². The van der Waals surface area contributed by atoms with Crippen LogP contribution >= 0.6 is 0 Å². The Morgan fingerprint density at radius 1 is 0.960 bits per heavy atom. The van der Waals surface area contributed by atoms with Gasteiger partial charge in [0.05, 0.1) is 7.11 Å². The molecule has 0 unspecified atom stereocenters. The first-order chi connectivity index (χ1) is 12.2. The molecule has 2 aromatic rings. The summed E-state index contributed by atoms with van der Waals surface area (Å²) in [5, 5.41) is 3.05. The Balaban J connectivity index is 1.56. The number of nitrogens with zero attached hydrogens (tertiary/aromatic N) is 1. The molecule has 1 aliphatic heterocycles. The van der Waals surface area contributed by atoms with E-state index in [0.29, 0.717) is 18.7 Å². The summed E-state index contributed by atoms with van der Waals surface area (Å²) in [5.41, 5.74) is 2.86. The predicted molar refractivity (Wildman–Crippen MR) is 96.3 cm³/mol. The fourth-order valence-electron chi connectivity index (χ4n) is 3.05. The lowest BCUT2D eigenvalue weighted by molar-refractivity contribution is 0.0892. The van der Waals surface area contributed by atoms with Crippen LogP contribution in [0.1, 0.15) is 23.2 Å². The maximum absolute atomic E-state index is 12.4. The first kappa shape index (κ1) is 17.0. The third-order valence-electron chi connectivity index (χ3n) is 4.52. The molecule has 5 nitrogen and oxygen atoms in total. The fourth-order valence-corrected chi connectivity index (χ4v) is 3.05. The Morgan fingerprint density at radius 3 is 2.16 bits per heavy atom. The minimum Gasteiger partial charge on any atom is -0.453 e. The molecule has 1 aliphatic rings. The van der Waals surface area contributed by atoms with E-state index in [1.807, 2.05) is 54.6 Å². The van der Waals surface area contributed by atoms with Crippen LogP contribution in [0.2, 0.25) is 0 Å². The molecule has 3 rings (SSSR count). The molecule has 25 heavy (non-hydrogen) atoms. The van der Waals surface area contributed by atoms with Crippen LogP contribution in [0, 0.1) is 0 Å². The maximum atomic E-state index is 12.4. The van der Waals surface area contributed by atoms with Crippen LogP contribution in [-0.2, 0) is 4.74 Å². The van der Waals surface area contributed by atoms with Crippen LogP contribution in [-0.4, -0.2) is 43.1 Å². The van der Waals surface area contributed by atoms with Gasteiger partial charge >= 0.3 is 6.09 Å². The largest absolute Gasteiger partial charge is 0.453 e.